The molecule has 7 nitrogen and oxygen atoms in total. The number of hydrogen-bond donors (Lipinski definition) is 3. The van der Waals surface area contributed by atoms with Crippen molar-refractivity contribution >= 4 is 16.0 Å². The molecule has 120 valence electrons. The molecule has 0 radical (unpaired) electrons. The molecular formula is C13H22N2O5S. The number of aromatic carboxylic acids is 1. The third-order valence-corrected chi connectivity index (χ3v) is 4.75. The maximum Gasteiger partial charge on any atom is 0.352 e. The van der Waals surface area contributed by atoms with Crippen LogP contribution in [0.15, 0.2) is 17.2 Å². The predicted octanol–water partition coefficient (Wildman–Crippen LogP) is 0.891. The smallest absolute Gasteiger partial charge is 0.352 e. The Morgan fingerprint density at radius 1 is 1.43 bits per heavy atom. The fourth-order valence-corrected chi connectivity index (χ4v) is 3.46. The molecule has 0 bridgehead atoms. The molecule has 1 aromatic rings. The van der Waals surface area contributed by atoms with Gasteiger partial charge in [-0.15, -0.1) is 0 Å². The molecule has 3 N–H and O–H groups in total. The van der Waals surface area contributed by atoms with Gasteiger partial charge in [0.25, 0.3) is 0 Å². The normalized spacial score (nSPS) is 13.6. The van der Waals surface area contributed by atoms with Gasteiger partial charge >= 0.3 is 5.97 Å². The van der Waals surface area contributed by atoms with Gasteiger partial charge in [0.15, 0.2) is 0 Å². The van der Waals surface area contributed by atoms with Crippen molar-refractivity contribution in [3.05, 3.63) is 18.0 Å². The summed E-state index contributed by atoms with van der Waals surface area (Å²) < 4.78 is 28.5. The zero-order chi connectivity index (χ0) is 16.2. The van der Waals surface area contributed by atoms with Crippen molar-refractivity contribution in [1.29, 1.82) is 0 Å². The number of nitrogens with one attached hydrogen (secondary N) is 1. The number of carboxylic acids is 1. The Hall–Kier alpha value is -1.38. The second-order valence-electron chi connectivity index (χ2n) is 5.14. The van der Waals surface area contributed by atoms with Crippen LogP contribution in [0.2, 0.25) is 0 Å². The van der Waals surface area contributed by atoms with Crippen LogP contribution < -0.4 is 4.72 Å². The van der Waals surface area contributed by atoms with Crippen molar-refractivity contribution in [2.24, 2.45) is 5.92 Å². The first kappa shape index (κ1) is 17.7. The molecule has 0 aliphatic rings. The lowest BCUT2D eigenvalue weighted by Crippen LogP contribution is -2.39. The molecule has 0 aliphatic heterocycles. The summed E-state index contributed by atoms with van der Waals surface area (Å²) in [6.45, 7) is 5.67. The van der Waals surface area contributed by atoms with E-state index in [1.54, 1.807) is 6.92 Å². The minimum atomic E-state index is -3.82. The van der Waals surface area contributed by atoms with Crippen LogP contribution in [0.5, 0.6) is 0 Å². The number of aliphatic hydroxyl groups is 1. The van der Waals surface area contributed by atoms with Gasteiger partial charge in [-0.05, 0) is 25.3 Å². The summed E-state index contributed by atoms with van der Waals surface area (Å²) in [6.07, 6.45) is 1.61. The van der Waals surface area contributed by atoms with Crippen LogP contribution in [0, 0.1) is 5.92 Å². The van der Waals surface area contributed by atoms with Crippen molar-refractivity contribution < 1.29 is 23.4 Å². The number of nitrogens with zero attached hydrogens (tertiary/aromatic N) is 1. The highest BCUT2D eigenvalue weighted by Crippen LogP contribution is 2.17. The van der Waals surface area contributed by atoms with E-state index in [4.69, 9.17) is 10.2 Å². The van der Waals surface area contributed by atoms with E-state index in [1.807, 2.05) is 13.8 Å². The van der Waals surface area contributed by atoms with Crippen LogP contribution in [0.4, 0.5) is 0 Å². The largest absolute Gasteiger partial charge is 0.477 e. The van der Waals surface area contributed by atoms with E-state index < -0.39 is 22.0 Å². The van der Waals surface area contributed by atoms with Crippen molar-refractivity contribution in [2.75, 3.05) is 6.61 Å². The average molecular weight is 318 g/mol. The number of aliphatic hydroxyl groups excluding tert-OH is 1. The number of aromatic nitrogens is 1. The summed E-state index contributed by atoms with van der Waals surface area (Å²) in [5.74, 6) is -1.16. The summed E-state index contributed by atoms with van der Waals surface area (Å²) >= 11 is 0. The van der Waals surface area contributed by atoms with Crippen LogP contribution in [0.1, 0.15) is 37.7 Å². The van der Waals surface area contributed by atoms with Crippen LogP contribution in [-0.2, 0) is 16.6 Å². The standard InChI is InChI=1S/C13H22N2O5S/c1-4-15-8-10(7-12(15)13(17)18)21(19,20)14-11(5-6-16)9(2)3/h7-9,11,14,16H,4-6H2,1-3H3,(H,17,18). The lowest BCUT2D eigenvalue weighted by atomic mass is 10.0. The third-order valence-electron chi connectivity index (χ3n) is 3.29. The monoisotopic (exact) mass is 318 g/mol. The van der Waals surface area contributed by atoms with Crippen molar-refractivity contribution in [2.45, 2.75) is 44.7 Å². The molecule has 0 saturated heterocycles. The first-order chi connectivity index (χ1) is 9.72. The molecule has 1 heterocycles. The first-order valence-electron chi connectivity index (χ1n) is 6.79. The Labute approximate surface area is 124 Å². The summed E-state index contributed by atoms with van der Waals surface area (Å²) in [7, 11) is -3.82. The number of aryl methyl sites for hydroxylation is 1. The Morgan fingerprint density at radius 2 is 2.05 bits per heavy atom. The second-order valence-corrected chi connectivity index (χ2v) is 6.85. The van der Waals surface area contributed by atoms with Gasteiger partial charge in [0, 0.05) is 25.4 Å². The predicted molar refractivity (Wildman–Crippen MR) is 77.7 cm³/mol. The summed E-state index contributed by atoms with van der Waals surface area (Å²) in [4.78, 5) is 11.0. The van der Waals surface area contributed by atoms with Crippen molar-refractivity contribution in [3.63, 3.8) is 0 Å². The molecule has 0 spiro atoms. The fourth-order valence-electron chi connectivity index (χ4n) is 2.01. The second kappa shape index (κ2) is 7.06. The summed E-state index contributed by atoms with van der Waals surface area (Å²) in [5, 5.41) is 18.1. The minimum absolute atomic E-state index is 0.0131. The number of carbonyl (C=O) groups is 1. The van der Waals surface area contributed by atoms with Gasteiger partial charge in [-0.2, -0.15) is 0 Å². The lowest BCUT2D eigenvalue weighted by Gasteiger charge is -2.20. The Bertz CT molecular complexity index is 592. The number of sulfonamides is 1. The maximum atomic E-state index is 12.3. The molecule has 21 heavy (non-hydrogen) atoms. The molecule has 0 fully saturated rings. The quantitative estimate of drug-likeness (QED) is 0.659. The topological polar surface area (TPSA) is 109 Å². The molecule has 0 aromatic carbocycles. The fraction of sp³-hybridized carbons (Fsp3) is 0.615. The van der Waals surface area contributed by atoms with E-state index in [1.165, 1.54) is 10.8 Å². The van der Waals surface area contributed by atoms with Crippen LogP contribution in [0.25, 0.3) is 0 Å². The molecular weight excluding hydrogens is 296 g/mol. The molecule has 1 rings (SSSR count). The summed E-state index contributed by atoms with van der Waals surface area (Å²) in [6, 6.07) is 0.739. The number of hydrogen-bond acceptors (Lipinski definition) is 4. The van der Waals surface area contributed by atoms with Gasteiger partial charge in [0.2, 0.25) is 10.0 Å². The zero-order valence-electron chi connectivity index (χ0n) is 12.4. The molecule has 1 atom stereocenters. The van der Waals surface area contributed by atoms with Gasteiger partial charge < -0.3 is 14.8 Å². The SMILES string of the molecule is CCn1cc(S(=O)(=O)NC(CCO)C(C)C)cc1C(=O)O. The Kier molecular flexibility index (Phi) is 5.94. The van der Waals surface area contributed by atoms with Crippen molar-refractivity contribution in [1.82, 2.24) is 9.29 Å². The molecule has 0 amide bonds. The third kappa shape index (κ3) is 4.29. The van der Waals surface area contributed by atoms with E-state index in [2.05, 4.69) is 4.72 Å². The van der Waals surface area contributed by atoms with E-state index in [-0.39, 0.29) is 23.1 Å². The Morgan fingerprint density at radius 3 is 2.43 bits per heavy atom. The van der Waals surface area contributed by atoms with E-state index in [9.17, 15) is 13.2 Å². The highest BCUT2D eigenvalue weighted by Gasteiger charge is 2.25. The highest BCUT2D eigenvalue weighted by molar-refractivity contribution is 7.89. The molecule has 1 unspecified atom stereocenters. The van der Waals surface area contributed by atoms with Crippen LogP contribution >= 0.6 is 0 Å². The van der Waals surface area contributed by atoms with Gasteiger partial charge in [-0.25, -0.2) is 17.9 Å². The molecule has 0 aliphatic carbocycles. The minimum Gasteiger partial charge on any atom is -0.477 e. The van der Waals surface area contributed by atoms with Gasteiger partial charge in [-0.3, -0.25) is 0 Å². The van der Waals surface area contributed by atoms with Crippen LogP contribution in [0.3, 0.4) is 0 Å². The number of rotatable bonds is 8. The Balaban J connectivity index is 3.10. The highest BCUT2D eigenvalue weighted by atomic mass is 32.2. The van der Waals surface area contributed by atoms with Gasteiger partial charge in [0.05, 0.1) is 0 Å². The van der Waals surface area contributed by atoms with Crippen LogP contribution in [-0.4, -0.2) is 41.8 Å². The average Bonchev–Trinajstić information content (AvgIpc) is 2.83. The summed E-state index contributed by atoms with van der Waals surface area (Å²) in [5.41, 5.74) is -0.0684. The maximum absolute atomic E-state index is 12.3. The van der Waals surface area contributed by atoms with Gasteiger partial charge in [-0.1, -0.05) is 13.8 Å². The zero-order valence-corrected chi connectivity index (χ0v) is 13.2. The molecule has 0 saturated carbocycles. The molecule has 8 heteroatoms. The molecule has 1 aromatic heterocycles. The number of carboxylic acid groups (broad SMARTS) is 1. The first-order valence-corrected chi connectivity index (χ1v) is 8.27. The van der Waals surface area contributed by atoms with Gasteiger partial charge in [0.1, 0.15) is 10.6 Å². The van der Waals surface area contributed by atoms with Crippen molar-refractivity contribution in [3.8, 4) is 0 Å². The van der Waals surface area contributed by atoms with E-state index in [0.717, 1.165) is 6.07 Å². The van der Waals surface area contributed by atoms with E-state index >= 15 is 0 Å². The van der Waals surface area contributed by atoms with E-state index in [0.29, 0.717) is 13.0 Å². The lowest BCUT2D eigenvalue weighted by molar-refractivity contribution is 0.0685.